The molecule has 1 aliphatic rings. The molecule has 0 aliphatic carbocycles. The average molecular weight is 334 g/mol. The highest BCUT2D eigenvalue weighted by atomic mass is 28.4. The van der Waals surface area contributed by atoms with E-state index in [-0.39, 0.29) is 16.6 Å². The maximum Gasteiger partial charge on any atom is 0.192 e. The summed E-state index contributed by atoms with van der Waals surface area (Å²) in [7, 11) is -1.79. The van der Waals surface area contributed by atoms with Gasteiger partial charge in [0.05, 0.1) is 12.3 Å². The molecule has 0 N–H and O–H groups in total. The summed E-state index contributed by atoms with van der Waals surface area (Å²) in [5.74, 6) is 0.268. The second kappa shape index (κ2) is 6.40. The molecule has 0 saturated heterocycles. The summed E-state index contributed by atoms with van der Waals surface area (Å²) in [5.41, 5.74) is 2.07. The van der Waals surface area contributed by atoms with Crippen LogP contribution in [0.1, 0.15) is 52.5 Å². The predicted octanol–water partition coefficient (Wildman–Crippen LogP) is 5.35. The fourth-order valence-electron chi connectivity index (χ4n) is 2.49. The summed E-state index contributed by atoms with van der Waals surface area (Å²) in [6.45, 7) is 16.1. The van der Waals surface area contributed by atoms with Crippen molar-refractivity contribution in [3.63, 3.8) is 0 Å². The molecular formula is C19H31NO2Si. The minimum atomic E-state index is -1.79. The molecule has 1 unspecified atom stereocenters. The van der Waals surface area contributed by atoms with Gasteiger partial charge in [0.1, 0.15) is 5.60 Å². The van der Waals surface area contributed by atoms with E-state index in [1.807, 2.05) is 0 Å². The Bertz CT molecular complexity index is 558. The van der Waals surface area contributed by atoms with Crippen LogP contribution in [0.4, 0.5) is 0 Å². The quantitative estimate of drug-likeness (QED) is 0.696. The molecule has 1 aliphatic heterocycles. The Kier molecular flexibility index (Phi) is 5.07. The molecule has 0 bridgehead atoms. The Labute approximate surface area is 142 Å². The molecule has 0 radical (unpaired) electrons. The van der Waals surface area contributed by atoms with Crippen molar-refractivity contribution < 1.29 is 9.26 Å². The summed E-state index contributed by atoms with van der Waals surface area (Å²) in [4.78, 5) is 5.70. The Hall–Kier alpha value is -1.13. The molecule has 0 saturated carbocycles. The maximum atomic E-state index is 6.38. The molecule has 0 fully saturated rings. The fraction of sp³-hybridized carbons (Fsp3) is 0.632. The van der Waals surface area contributed by atoms with Crippen molar-refractivity contribution >= 4 is 14.0 Å². The maximum absolute atomic E-state index is 6.38. The van der Waals surface area contributed by atoms with Crippen molar-refractivity contribution in [2.45, 2.75) is 70.7 Å². The molecule has 0 amide bonds. The Morgan fingerprint density at radius 3 is 2.39 bits per heavy atom. The van der Waals surface area contributed by atoms with Gasteiger partial charge in [0.25, 0.3) is 0 Å². The van der Waals surface area contributed by atoms with Crippen LogP contribution in [0.25, 0.3) is 0 Å². The summed E-state index contributed by atoms with van der Waals surface area (Å²) >= 11 is 0. The van der Waals surface area contributed by atoms with Gasteiger partial charge in [-0.2, -0.15) is 0 Å². The third-order valence-corrected chi connectivity index (χ3v) is 9.58. The van der Waals surface area contributed by atoms with Crippen LogP contribution in [-0.2, 0) is 9.26 Å². The van der Waals surface area contributed by atoms with Crippen LogP contribution >= 0.6 is 0 Å². The number of nitrogens with zero attached hydrogens (tertiary/aromatic N) is 1. The topological polar surface area (TPSA) is 30.8 Å². The summed E-state index contributed by atoms with van der Waals surface area (Å²) < 4.78 is 6.38. The molecule has 0 spiro atoms. The van der Waals surface area contributed by atoms with Crippen LogP contribution in [0.3, 0.4) is 0 Å². The van der Waals surface area contributed by atoms with E-state index < -0.39 is 8.32 Å². The van der Waals surface area contributed by atoms with Gasteiger partial charge in [-0.3, -0.25) is 0 Å². The highest BCUT2D eigenvalue weighted by molar-refractivity contribution is 6.74. The first-order valence-electron chi connectivity index (χ1n) is 8.46. The average Bonchev–Trinajstić information content (AvgIpc) is 2.45. The van der Waals surface area contributed by atoms with E-state index in [1.165, 1.54) is 5.56 Å². The molecule has 3 nitrogen and oxygen atoms in total. The van der Waals surface area contributed by atoms with E-state index in [4.69, 9.17) is 9.26 Å². The second-order valence-corrected chi connectivity index (χ2v) is 13.5. The molecule has 2 rings (SSSR count). The molecule has 128 valence electrons. The first-order valence-corrected chi connectivity index (χ1v) is 11.4. The van der Waals surface area contributed by atoms with Gasteiger partial charge in [-0.05, 0) is 37.5 Å². The van der Waals surface area contributed by atoms with Crippen molar-refractivity contribution in [2.24, 2.45) is 5.16 Å². The van der Waals surface area contributed by atoms with Crippen molar-refractivity contribution in [3.05, 3.63) is 35.9 Å². The summed E-state index contributed by atoms with van der Waals surface area (Å²) in [6, 6.07) is 10.6. The predicted molar refractivity (Wildman–Crippen MR) is 99.5 cm³/mol. The SMILES string of the molecule is CC1(C)CC(c2ccccc2)C(CO[Si](C)(C)C(C)(C)C)=NO1. The highest BCUT2D eigenvalue weighted by Gasteiger charge is 2.39. The van der Waals surface area contributed by atoms with Crippen molar-refractivity contribution in [2.75, 3.05) is 6.61 Å². The van der Waals surface area contributed by atoms with Crippen LogP contribution in [0.2, 0.25) is 18.1 Å². The van der Waals surface area contributed by atoms with Gasteiger partial charge in [0, 0.05) is 12.3 Å². The second-order valence-electron chi connectivity index (χ2n) is 8.65. The van der Waals surface area contributed by atoms with Gasteiger partial charge in [-0.15, -0.1) is 0 Å². The van der Waals surface area contributed by atoms with Crippen LogP contribution < -0.4 is 0 Å². The van der Waals surface area contributed by atoms with E-state index in [0.29, 0.717) is 6.61 Å². The minimum Gasteiger partial charge on any atom is -0.411 e. The lowest BCUT2D eigenvalue weighted by Gasteiger charge is -2.38. The van der Waals surface area contributed by atoms with E-state index in [2.05, 4.69) is 83.2 Å². The fourth-order valence-corrected chi connectivity index (χ4v) is 3.43. The van der Waals surface area contributed by atoms with Crippen LogP contribution in [-0.4, -0.2) is 26.2 Å². The molecule has 1 heterocycles. The van der Waals surface area contributed by atoms with Gasteiger partial charge in [0.15, 0.2) is 8.32 Å². The normalized spacial score (nSPS) is 21.5. The Balaban J connectivity index is 2.20. The minimum absolute atomic E-state index is 0.199. The van der Waals surface area contributed by atoms with Gasteiger partial charge >= 0.3 is 0 Å². The third kappa shape index (κ3) is 4.45. The standard InChI is InChI=1S/C19H31NO2Si/c1-18(2,3)23(6,7)21-14-17-16(13-19(4,5)22-20-17)15-11-9-8-10-12-15/h8-12,16H,13-14H2,1-7H3. The van der Waals surface area contributed by atoms with Gasteiger partial charge < -0.3 is 9.26 Å². The smallest absolute Gasteiger partial charge is 0.192 e. The molecule has 1 atom stereocenters. The van der Waals surface area contributed by atoms with Gasteiger partial charge in [-0.25, -0.2) is 0 Å². The van der Waals surface area contributed by atoms with Crippen molar-refractivity contribution in [1.82, 2.24) is 0 Å². The summed E-state index contributed by atoms with van der Waals surface area (Å²) in [6.07, 6.45) is 0.927. The van der Waals surface area contributed by atoms with E-state index in [9.17, 15) is 0 Å². The number of hydrogen-bond donors (Lipinski definition) is 0. The lowest BCUT2D eigenvalue weighted by Crippen LogP contribution is -2.44. The van der Waals surface area contributed by atoms with Crippen LogP contribution in [0, 0.1) is 0 Å². The molecule has 1 aromatic carbocycles. The largest absolute Gasteiger partial charge is 0.411 e. The van der Waals surface area contributed by atoms with Crippen LogP contribution in [0.5, 0.6) is 0 Å². The summed E-state index contributed by atoms with van der Waals surface area (Å²) in [5, 5.41) is 4.64. The van der Waals surface area contributed by atoms with Crippen molar-refractivity contribution in [1.29, 1.82) is 0 Å². The Morgan fingerprint density at radius 2 is 1.83 bits per heavy atom. The third-order valence-electron chi connectivity index (χ3n) is 5.10. The van der Waals surface area contributed by atoms with Gasteiger partial charge in [0.2, 0.25) is 0 Å². The van der Waals surface area contributed by atoms with Gasteiger partial charge in [-0.1, -0.05) is 56.3 Å². The van der Waals surface area contributed by atoms with E-state index in [1.54, 1.807) is 0 Å². The highest BCUT2D eigenvalue weighted by Crippen LogP contribution is 2.38. The monoisotopic (exact) mass is 333 g/mol. The molecular weight excluding hydrogens is 302 g/mol. The number of rotatable bonds is 4. The zero-order chi connectivity index (χ0) is 17.3. The number of benzene rings is 1. The van der Waals surface area contributed by atoms with E-state index in [0.717, 1.165) is 12.1 Å². The lowest BCUT2D eigenvalue weighted by atomic mass is 9.84. The van der Waals surface area contributed by atoms with Crippen molar-refractivity contribution in [3.8, 4) is 0 Å². The first kappa shape index (κ1) is 18.2. The molecule has 0 aromatic heterocycles. The lowest BCUT2D eigenvalue weighted by molar-refractivity contribution is -0.0341. The Morgan fingerprint density at radius 1 is 1.22 bits per heavy atom. The molecule has 4 heteroatoms. The van der Waals surface area contributed by atoms with E-state index >= 15 is 0 Å². The van der Waals surface area contributed by atoms with Crippen LogP contribution in [0.15, 0.2) is 35.5 Å². The number of hydrogen-bond acceptors (Lipinski definition) is 3. The molecule has 1 aromatic rings. The zero-order valence-electron chi connectivity index (χ0n) is 15.6. The molecule has 23 heavy (non-hydrogen) atoms. The zero-order valence-corrected chi connectivity index (χ0v) is 16.6. The number of oxime groups is 1. The first-order chi connectivity index (χ1) is 10.5.